The van der Waals surface area contributed by atoms with Gasteiger partial charge >= 0.3 is 0 Å². The Kier molecular flexibility index (Phi) is 3.72. The summed E-state index contributed by atoms with van der Waals surface area (Å²) in [6.45, 7) is 5.93. The highest BCUT2D eigenvalue weighted by Gasteiger charge is 2.09. The van der Waals surface area contributed by atoms with Gasteiger partial charge < -0.3 is 9.73 Å². The zero-order chi connectivity index (χ0) is 13.1. The molecule has 1 unspecified atom stereocenters. The molecule has 0 amide bonds. The van der Waals surface area contributed by atoms with E-state index in [1.165, 1.54) is 0 Å². The molecule has 2 rings (SSSR count). The largest absolute Gasteiger partial charge is 0.424 e. The van der Waals surface area contributed by atoms with Gasteiger partial charge in [0, 0.05) is 13.0 Å². The van der Waals surface area contributed by atoms with Gasteiger partial charge in [-0.15, -0.1) is 10.2 Å². The second-order valence-corrected chi connectivity index (χ2v) is 4.33. The standard InChI is InChI=1S/C13H16FN3O/c1-8-4-5-11(6-12(8)14)9(2)15-7-13-17-16-10(3)18-13/h4-6,9,15H,7H2,1-3H3. The third-order valence-corrected chi connectivity index (χ3v) is 2.82. The van der Waals surface area contributed by atoms with E-state index in [0.29, 0.717) is 23.9 Å². The third-order valence-electron chi connectivity index (χ3n) is 2.82. The number of hydrogen-bond acceptors (Lipinski definition) is 4. The van der Waals surface area contributed by atoms with Crippen molar-refractivity contribution >= 4 is 0 Å². The molecule has 0 radical (unpaired) electrons. The first kappa shape index (κ1) is 12.7. The van der Waals surface area contributed by atoms with Crippen LogP contribution in [0.4, 0.5) is 4.39 Å². The number of rotatable bonds is 4. The van der Waals surface area contributed by atoms with E-state index in [-0.39, 0.29) is 11.9 Å². The summed E-state index contributed by atoms with van der Waals surface area (Å²) < 4.78 is 18.7. The molecule has 0 saturated carbocycles. The number of nitrogens with one attached hydrogen (secondary N) is 1. The predicted molar refractivity (Wildman–Crippen MR) is 65.4 cm³/mol. The van der Waals surface area contributed by atoms with Crippen LogP contribution in [0, 0.1) is 19.7 Å². The highest BCUT2D eigenvalue weighted by molar-refractivity contribution is 5.25. The summed E-state index contributed by atoms with van der Waals surface area (Å²) >= 11 is 0. The Balaban J connectivity index is 1.99. The molecule has 4 nitrogen and oxygen atoms in total. The Labute approximate surface area is 105 Å². The summed E-state index contributed by atoms with van der Waals surface area (Å²) in [4.78, 5) is 0. The predicted octanol–water partition coefficient (Wildman–Crippen LogP) is 2.68. The van der Waals surface area contributed by atoms with Crippen LogP contribution >= 0.6 is 0 Å². The topological polar surface area (TPSA) is 51.0 Å². The molecule has 0 bridgehead atoms. The average molecular weight is 249 g/mol. The smallest absolute Gasteiger partial charge is 0.230 e. The zero-order valence-corrected chi connectivity index (χ0v) is 10.7. The van der Waals surface area contributed by atoms with Crippen molar-refractivity contribution in [3.8, 4) is 0 Å². The van der Waals surface area contributed by atoms with E-state index < -0.39 is 0 Å². The van der Waals surface area contributed by atoms with Gasteiger partial charge in [0.25, 0.3) is 0 Å². The molecular formula is C13H16FN3O. The second-order valence-electron chi connectivity index (χ2n) is 4.33. The number of aromatic nitrogens is 2. The van der Waals surface area contributed by atoms with Crippen molar-refractivity contribution in [2.24, 2.45) is 0 Å². The number of halogens is 1. The fourth-order valence-corrected chi connectivity index (χ4v) is 1.65. The summed E-state index contributed by atoms with van der Waals surface area (Å²) in [5, 5.41) is 10.8. The molecule has 0 aliphatic heterocycles. The molecule has 18 heavy (non-hydrogen) atoms. The molecule has 1 N–H and O–H groups in total. The van der Waals surface area contributed by atoms with Gasteiger partial charge in [0.1, 0.15) is 5.82 Å². The van der Waals surface area contributed by atoms with Crippen molar-refractivity contribution in [1.82, 2.24) is 15.5 Å². The van der Waals surface area contributed by atoms with Crippen molar-refractivity contribution < 1.29 is 8.81 Å². The summed E-state index contributed by atoms with van der Waals surface area (Å²) in [7, 11) is 0. The lowest BCUT2D eigenvalue weighted by Crippen LogP contribution is -2.18. The van der Waals surface area contributed by atoms with Gasteiger partial charge in [-0.25, -0.2) is 4.39 Å². The molecule has 5 heteroatoms. The maximum Gasteiger partial charge on any atom is 0.230 e. The molecule has 1 atom stereocenters. The van der Waals surface area contributed by atoms with E-state index in [0.717, 1.165) is 5.56 Å². The lowest BCUT2D eigenvalue weighted by atomic mass is 10.1. The van der Waals surface area contributed by atoms with Gasteiger partial charge in [0.15, 0.2) is 0 Å². The van der Waals surface area contributed by atoms with E-state index in [4.69, 9.17) is 4.42 Å². The fraction of sp³-hybridized carbons (Fsp3) is 0.385. The van der Waals surface area contributed by atoms with E-state index in [1.54, 1.807) is 26.0 Å². The van der Waals surface area contributed by atoms with E-state index in [9.17, 15) is 4.39 Å². The Morgan fingerprint density at radius 2 is 2.11 bits per heavy atom. The fourth-order valence-electron chi connectivity index (χ4n) is 1.65. The van der Waals surface area contributed by atoms with Crippen LogP contribution in [-0.2, 0) is 6.54 Å². The second kappa shape index (κ2) is 5.27. The van der Waals surface area contributed by atoms with Gasteiger partial charge in [-0.05, 0) is 31.0 Å². The summed E-state index contributed by atoms with van der Waals surface area (Å²) in [6, 6.07) is 5.26. The Hall–Kier alpha value is -1.75. The maximum atomic E-state index is 13.4. The highest BCUT2D eigenvalue weighted by Crippen LogP contribution is 2.16. The van der Waals surface area contributed by atoms with Crippen molar-refractivity contribution in [1.29, 1.82) is 0 Å². The van der Waals surface area contributed by atoms with Crippen LogP contribution in [0.2, 0.25) is 0 Å². The molecule has 1 aromatic heterocycles. The zero-order valence-electron chi connectivity index (χ0n) is 10.7. The molecule has 0 spiro atoms. The van der Waals surface area contributed by atoms with E-state index in [1.807, 2.05) is 13.0 Å². The van der Waals surface area contributed by atoms with Crippen LogP contribution in [0.5, 0.6) is 0 Å². The summed E-state index contributed by atoms with van der Waals surface area (Å²) in [5.41, 5.74) is 1.55. The summed E-state index contributed by atoms with van der Waals surface area (Å²) in [6.07, 6.45) is 0. The summed E-state index contributed by atoms with van der Waals surface area (Å²) in [5.74, 6) is 0.891. The lowest BCUT2D eigenvalue weighted by molar-refractivity contribution is 0.430. The number of benzene rings is 1. The van der Waals surface area contributed by atoms with Crippen molar-refractivity contribution in [2.75, 3.05) is 0 Å². The molecular weight excluding hydrogens is 233 g/mol. The normalized spacial score (nSPS) is 12.7. The quantitative estimate of drug-likeness (QED) is 0.905. The SMILES string of the molecule is Cc1nnc(CNC(C)c2ccc(C)c(F)c2)o1. The Morgan fingerprint density at radius 1 is 1.33 bits per heavy atom. The van der Waals surface area contributed by atoms with Crippen LogP contribution < -0.4 is 5.32 Å². The lowest BCUT2D eigenvalue weighted by Gasteiger charge is -2.13. The first-order valence-corrected chi connectivity index (χ1v) is 5.84. The molecule has 2 aromatic rings. The van der Waals surface area contributed by atoms with Crippen LogP contribution in [0.25, 0.3) is 0 Å². The average Bonchev–Trinajstić information content (AvgIpc) is 2.75. The minimum Gasteiger partial charge on any atom is -0.424 e. The van der Waals surface area contributed by atoms with E-state index >= 15 is 0 Å². The van der Waals surface area contributed by atoms with Crippen molar-refractivity contribution in [3.63, 3.8) is 0 Å². The minimum absolute atomic E-state index is 0.0207. The van der Waals surface area contributed by atoms with Crippen LogP contribution in [0.1, 0.15) is 35.9 Å². The molecule has 0 aliphatic rings. The molecule has 96 valence electrons. The van der Waals surface area contributed by atoms with Gasteiger partial charge in [-0.1, -0.05) is 12.1 Å². The first-order chi connectivity index (χ1) is 8.56. The monoisotopic (exact) mass is 249 g/mol. The number of aryl methyl sites for hydroxylation is 2. The highest BCUT2D eigenvalue weighted by atomic mass is 19.1. The number of hydrogen-bond donors (Lipinski definition) is 1. The number of nitrogens with zero attached hydrogens (tertiary/aromatic N) is 2. The van der Waals surface area contributed by atoms with Gasteiger partial charge in [-0.3, -0.25) is 0 Å². The third kappa shape index (κ3) is 2.92. The molecule has 0 fully saturated rings. The Morgan fingerprint density at radius 3 is 2.72 bits per heavy atom. The minimum atomic E-state index is -0.185. The maximum absolute atomic E-state index is 13.4. The molecule has 1 heterocycles. The molecule has 1 aromatic carbocycles. The molecule has 0 aliphatic carbocycles. The van der Waals surface area contributed by atoms with Crippen molar-refractivity contribution in [3.05, 3.63) is 46.9 Å². The van der Waals surface area contributed by atoms with Crippen molar-refractivity contribution in [2.45, 2.75) is 33.4 Å². The first-order valence-electron chi connectivity index (χ1n) is 5.84. The van der Waals surface area contributed by atoms with E-state index in [2.05, 4.69) is 15.5 Å². The van der Waals surface area contributed by atoms with Crippen LogP contribution in [-0.4, -0.2) is 10.2 Å². The van der Waals surface area contributed by atoms with Gasteiger partial charge in [0.2, 0.25) is 11.8 Å². The molecule has 0 saturated heterocycles. The van der Waals surface area contributed by atoms with Gasteiger partial charge in [-0.2, -0.15) is 0 Å². The Bertz CT molecular complexity index is 539. The van der Waals surface area contributed by atoms with Crippen LogP contribution in [0.3, 0.4) is 0 Å². The van der Waals surface area contributed by atoms with Gasteiger partial charge in [0.05, 0.1) is 6.54 Å². The van der Waals surface area contributed by atoms with Crippen LogP contribution in [0.15, 0.2) is 22.6 Å².